The van der Waals surface area contributed by atoms with Crippen LogP contribution in [-0.2, 0) is 0 Å². The van der Waals surface area contributed by atoms with Crippen molar-refractivity contribution in [1.29, 1.82) is 0 Å². The third-order valence-electron chi connectivity index (χ3n) is 2.06. The molecule has 0 fully saturated rings. The first-order chi connectivity index (χ1) is 7.67. The van der Waals surface area contributed by atoms with Crippen molar-refractivity contribution in [3.8, 4) is 0 Å². The molecule has 0 spiro atoms. The molecule has 3 N–H and O–H groups in total. The molecule has 90 valence electrons. The number of halogens is 1. The van der Waals surface area contributed by atoms with Crippen molar-refractivity contribution in [2.24, 2.45) is 0 Å². The summed E-state index contributed by atoms with van der Waals surface area (Å²) in [6, 6.07) is 0. The molecule has 0 aliphatic rings. The summed E-state index contributed by atoms with van der Waals surface area (Å²) in [6.07, 6.45) is 1.83. The molecule has 0 aliphatic carbocycles. The van der Waals surface area contributed by atoms with E-state index in [4.69, 9.17) is 11.6 Å². The predicted octanol–water partition coefficient (Wildman–Crippen LogP) is 1.74. The van der Waals surface area contributed by atoms with Crippen LogP contribution >= 0.6 is 11.6 Å². The molecule has 0 amide bonds. The normalized spacial score (nSPS) is 12.2. The van der Waals surface area contributed by atoms with E-state index in [1.807, 2.05) is 13.8 Å². The van der Waals surface area contributed by atoms with Gasteiger partial charge in [-0.05, 0) is 13.3 Å². The number of hydrogen-bond donors (Lipinski definition) is 3. The summed E-state index contributed by atoms with van der Waals surface area (Å²) in [4.78, 5) is 8.21. The summed E-state index contributed by atoms with van der Waals surface area (Å²) in [6.45, 7) is 5.06. The average molecular weight is 245 g/mol. The van der Waals surface area contributed by atoms with Crippen LogP contribution in [0.5, 0.6) is 0 Å². The molecular weight excluding hydrogens is 228 g/mol. The highest BCUT2D eigenvalue weighted by molar-refractivity contribution is 6.32. The summed E-state index contributed by atoms with van der Waals surface area (Å²) in [5.41, 5.74) is 0. The van der Waals surface area contributed by atoms with Crippen LogP contribution in [0.4, 0.5) is 11.8 Å². The zero-order valence-corrected chi connectivity index (χ0v) is 10.3. The Labute approximate surface area is 100 Å². The van der Waals surface area contributed by atoms with Crippen molar-refractivity contribution in [2.75, 3.05) is 23.7 Å². The summed E-state index contributed by atoms with van der Waals surface area (Å²) in [5, 5.41) is 15.8. The fourth-order valence-electron chi connectivity index (χ4n) is 1.09. The molecule has 6 heteroatoms. The number of aliphatic hydroxyl groups excluding tert-OH is 1. The molecule has 16 heavy (non-hydrogen) atoms. The summed E-state index contributed by atoms with van der Waals surface area (Å²) in [5.74, 6) is 1.07. The molecule has 1 unspecified atom stereocenters. The number of nitrogens with one attached hydrogen (secondary N) is 2. The maximum atomic E-state index is 9.42. The molecule has 1 aromatic heterocycles. The third-order valence-corrected chi connectivity index (χ3v) is 2.33. The second-order valence-electron chi connectivity index (χ2n) is 3.36. The second-order valence-corrected chi connectivity index (χ2v) is 3.77. The van der Waals surface area contributed by atoms with Gasteiger partial charge in [0, 0.05) is 13.1 Å². The first kappa shape index (κ1) is 13.0. The lowest BCUT2D eigenvalue weighted by molar-refractivity contribution is 0.183. The number of aromatic nitrogens is 2. The van der Waals surface area contributed by atoms with Crippen LogP contribution in [0, 0.1) is 0 Å². The Kier molecular flexibility index (Phi) is 5.28. The highest BCUT2D eigenvalue weighted by Crippen LogP contribution is 2.19. The molecule has 0 aromatic carbocycles. The van der Waals surface area contributed by atoms with E-state index in [-0.39, 0.29) is 0 Å². The van der Waals surface area contributed by atoms with Gasteiger partial charge in [0.05, 0.1) is 12.3 Å². The van der Waals surface area contributed by atoms with E-state index in [9.17, 15) is 5.11 Å². The van der Waals surface area contributed by atoms with E-state index in [1.54, 1.807) is 0 Å². The Bertz CT molecular complexity index is 335. The number of rotatable bonds is 6. The van der Waals surface area contributed by atoms with E-state index < -0.39 is 6.10 Å². The van der Waals surface area contributed by atoms with Crippen LogP contribution in [0.3, 0.4) is 0 Å². The van der Waals surface area contributed by atoms with Gasteiger partial charge in [-0.1, -0.05) is 18.5 Å². The number of aliphatic hydroxyl groups is 1. The van der Waals surface area contributed by atoms with Crippen molar-refractivity contribution < 1.29 is 5.11 Å². The van der Waals surface area contributed by atoms with Gasteiger partial charge in [-0.25, -0.2) is 4.98 Å². The molecule has 0 saturated carbocycles. The van der Waals surface area contributed by atoms with Gasteiger partial charge in [0.1, 0.15) is 5.02 Å². The molecule has 0 radical (unpaired) electrons. The first-order valence-electron chi connectivity index (χ1n) is 5.35. The molecular formula is C10H17ClN4O. The lowest BCUT2D eigenvalue weighted by Crippen LogP contribution is -2.19. The largest absolute Gasteiger partial charge is 0.391 e. The van der Waals surface area contributed by atoms with E-state index in [0.29, 0.717) is 29.8 Å². The van der Waals surface area contributed by atoms with Crippen LogP contribution in [-0.4, -0.2) is 34.3 Å². The molecule has 0 aliphatic heterocycles. The first-order valence-corrected chi connectivity index (χ1v) is 5.73. The van der Waals surface area contributed by atoms with Gasteiger partial charge in [0.15, 0.2) is 5.82 Å². The fraction of sp³-hybridized carbons (Fsp3) is 0.600. The minimum Gasteiger partial charge on any atom is -0.391 e. The predicted molar refractivity (Wildman–Crippen MR) is 66.0 cm³/mol. The Balaban J connectivity index is 2.66. The molecule has 0 bridgehead atoms. The molecule has 1 atom stereocenters. The Hall–Kier alpha value is -1.07. The molecule has 1 heterocycles. The van der Waals surface area contributed by atoms with Crippen molar-refractivity contribution >= 4 is 23.4 Å². The second kappa shape index (κ2) is 6.50. The van der Waals surface area contributed by atoms with E-state index in [1.165, 1.54) is 6.20 Å². The Morgan fingerprint density at radius 2 is 2.19 bits per heavy atom. The maximum absolute atomic E-state index is 9.42. The molecule has 0 saturated heterocycles. The van der Waals surface area contributed by atoms with Gasteiger partial charge >= 0.3 is 0 Å². The zero-order chi connectivity index (χ0) is 12.0. The zero-order valence-electron chi connectivity index (χ0n) is 9.50. The van der Waals surface area contributed by atoms with Gasteiger partial charge in [-0.2, -0.15) is 4.98 Å². The SMILES string of the molecule is CCNc1ncc(Cl)c(NCC(O)CC)n1. The van der Waals surface area contributed by atoms with Crippen LogP contribution in [0.15, 0.2) is 6.20 Å². The maximum Gasteiger partial charge on any atom is 0.224 e. The lowest BCUT2D eigenvalue weighted by atomic mass is 10.3. The molecule has 1 aromatic rings. The number of hydrogen-bond acceptors (Lipinski definition) is 5. The smallest absolute Gasteiger partial charge is 0.224 e. The van der Waals surface area contributed by atoms with Gasteiger partial charge in [-0.15, -0.1) is 0 Å². The van der Waals surface area contributed by atoms with Crippen LogP contribution in [0.2, 0.25) is 5.02 Å². The lowest BCUT2D eigenvalue weighted by Gasteiger charge is -2.11. The summed E-state index contributed by atoms with van der Waals surface area (Å²) in [7, 11) is 0. The highest BCUT2D eigenvalue weighted by Gasteiger charge is 2.06. The third kappa shape index (κ3) is 3.83. The Morgan fingerprint density at radius 3 is 2.81 bits per heavy atom. The van der Waals surface area contributed by atoms with Crippen LogP contribution in [0.25, 0.3) is 0 Å². The van der Waals surface area contributed by atoms with Crippen molar-refractivity contribution in [2.45, 2.75) is 26.4 Å². The van der Waals surface area contributed by atoms with Crippen molar-refractivity contribution in [3.05, 3.63) is 11.2 Å². The number of anilines is 2. The van der Waals surface area contributed by atoms with Crippen molar-refractivity contribution in [1.82, 2.24) is 9.97 Å². The topological polar surface area (TPSA) is 70.1 Å². The Morgan fingerprint density at radius 1 is 1.44 bits per heavy atom. The average Bonchev–Trinajstić information content (AvgIpc) is 2.29. The van der Waals surface area contributed by atoms with E-state index in [0.717, 1.165) is 6.54 Å². The van der Waals surface area contributed by atoms with Crippen LogP contribution in [0.1, 0.15) is 20.3 Å². The molecule has 1 rings (SSSR count). The van der Waals surface area contributed by atoms with Gasteiger partial charge in [-0.3, -0.25) is 0 Å². The van der Waals surface area contributed by atoms with E-state index in [2.05, 4.69) is 20.6 Å². The fourth-order valence-corrected chi connectivity index (χ4v) is 1.25. The minimum atomic E-state index is -0.395. The monoisotopic (exact) mass is 244 g/mol. The quantitative estimate of drug-likeness (QED) is 0.711. The van der Waals surface area contributed by atoms with Crippen LogP contribution < -0.4 is 10.6 Å². The number of nitrogens with zero attached hydrogens (tertiary/aromatic N) is 2. The van der Waals surface area contributed by atoms with Gasteiger partial charge in [0.25, 0.3) is 0 Å². The standard InChI is InChI=1S/C10H17ClN4O/c1-3-7(16)5-13-9-8(11)6-14-10(15-9)12-4-2/h6-7,16H,3-5H2,1-2H3,(H2,12,13,14,15). The molecule has 5 nitrogen and oxygen atoms in total. The van der Waals surface area contributed by atoms with Gasteiger partial charge < -0.3 is 15.7 Å². The summed E-state index contributed by atoms with van der Waals surface area (Å²) < 4.78 is 0. The minimum absolute atomic E-state index is 0.395. The van der Waals surface area contributed by atoms with E-state index >= 15 is 0 Å². The summed E-state index contributed by atoms with van der Waals surface area (Å²) >= 11 is 5.93. The highest BCUT2D eigenvalue weighted by atomic mass is 35.5. The van der Waals surface area contributed by atoms with Crippen molar-refractivity contribution in [3.63, 3.8) is 0 Å². The van der Waals surface area contributed by atoms with Gasteiger partial charge in [0.2, 0.25) is 5.95 Å².